The van der Waals surface area contributed by atoms with Crippen molar-refractivity contribution in [3.63, 3.8) is 0 Å². The fourth-order valence-electron chi connectivity index (χ4n) is 8.39. The first kappa shape index (κ1) is 26.5. The number of imidazole rings is 1. The minimum absolute atomic E-state index is 0.0621. The molecule has 0 amide bonds. The zero-order valence-corrected chi connectivity index (χ0v) is 26.6. The Morgan fingerprint density at radius 1 is 0.596 bits per heavy atom. The van der Waals surface area contributed by atoms with Gasteiger partial charge in [-0.1, -0.05) is 118 Å². The van der Waals surface area contributed by atoms with Crippen LogP contribution < -0.4 is 4.74 Å². The molecule has 8 aromatic rings. The highest BCUT2D eigenvalue weighted by Gasteiger charge is 2.35. The number of hydrogen-bond acceptors (Lipinski definition) is 2. The van der Waals surface area contributed by atoms with Gasteiger partial charge in [-0.25, -0.2) is 4.98 Å². The maximum atomic E-state index is 6.47. The van der Waals surface area contributed by atoms with Gasteiger partial charge in [-0.15, -0.1) is 0 Å². The quantitative estimate of drug-likeness (QED) is 0.188. The molecule has 0 fully saturated rings. The molecule has 0 unspecified atom stereocenters. The summed E-state index contributed by atoms with van der Waals surface area (Å²) in [7, 11) is 0. The topological polar surface area (TPSA) is 27.1 Å². The van der Waals surface area contributed by atoms with Gasteiger partial charge in [0.2, 0.25) is 0 Å². The van der Waals surface area contributed by atoms with Crippen LogP contribution in [0.1, 0.15) is 37.7 Å². The molecule has 0 bridgehead atoms. The van der Waals surface area contributed by atoms with E-state index in [1.807, 2.05) is 12.1 Å². The van der Waals surface area contributed by atoms with Crippen LogP contribution in [0.15, 0.2) is 127 Å². The van der Waals surface area contributed by atoms with E-state index in [1.54, 1.807) is 0 Å². The van der Waals surface area contributed by atoms with Crippen LogP contribution in [-0.2, 0) is 11.8 Å². The average molecular weight is 605 g/mol. The zero-order chi connectivity index (χ0) is 31.4. The predicted octanol–water partition coefficient (Wildman–Crippen LogP) is 11.6. The third-order valence-electron chi connectivity index (χ3n) is 10.5. The molecule has 0 spiro atoms. The SMILES string of the molecule is CCc1nc2cccc3c2n1-c1cc(-c2c4ccccc4c(-c4ccc5c(c4)C(C)(C)c4ccccc4-5)c4ccccc24)ccc1O3. The number of rotatable bonds is 3. The Bertz CT molecular complexity index is 2570. The second-order valence-corrected chi connectivity index (χ2v) is 13.4. The summed E-state index contributed by atoms with van der Waals surface area (Å²) < 4.78 is 8.77. The number of fused-ring (bicyclic) bond motifs is 7. The second kappa shape index (κ2) is 9.43. The van der Waals surface area contributed by atoms with Crippen LogP contribution in [0.5, 0.6) is 11.5 Å². The summed E-state index contributed by atoms with van der Waals surface area (Å²) in [6.45, 7) is 6.88. The number of aryl methyl sites for hydroxylation is 1. The Morgan fingerprint density at radius 3 is 1.91 bits per heavy atom. The van der Waals surface area contributed by atoms with Crippen molar-refractivity contribution in [3.05, 3.63) is 144 Å². The third kappa shape index (κ3) is 3.54. The summed E-state index contributed by atoms with van der Waals surface area (Å²) >= 11 is 0. The Morgan fingerprint density at radius 2 is 1.21 bits per heavy atom. The molecule has 47 heavy (non-hydrogen) atoms. The first-order valence-corrected chi connectivity index (χ1v) is 16.5. The van der Waals surface area contributed by atoms with Crippen LogP contribution in [-0.4, -0.2) is 9.55 Å². The molecule has 2 heterocycles. The Hall–Kier alpha value is -5.67. The number of para-hydroxylation sites is 1. The number of hydrogen-bond donors (Lipinski definition) is 0. The van der Waals surface area contributed by atoms with E-state index in [2.05, 4.69) is 141 Å². The molecule has 3 heteroatoms. The van der Waals surface area contributed by atoms with E-state index in [0.29, 0.717) is 0 Å². The van der Waals surface area contributed by atoms with Gasteiger partial charge in [-0.2, -0.15) is 0 Å². The summed E-state index contributed by atoms with van der Waals surface area (Å²) in [6.07, 6.45) is 0.834. The lowest BCUT2D eigenvalue weighted by atomic mass is 9.80. The summed E-state index contributed by atoms with van der Waals surface area (Å²) in [5.41, 5.74) is 13.4. The molecule has 7 aromatic carbocycles. The lowest BCUT2D eigenvalue weighted by molar-refractivity contribution is 0.474. The molecule has 1 aliphatic heterocycles. The van der Waals surface area contributed by atoms with E-state index >= 15 is 0 Å². The van der Waals surface area contributed by atoms with Gasteiger partial charge in [-0.05, 0) is 96.4 Å². The van der Waals surface area contributed by atoms with E-state index in [4.69, 9.17) is 9.72 Å². The number of aromatic nitrogens is 2. The second-order valence-electron chi connectivity index (χ2n) is 13.4. The Kier molecular flexibility index (Phi) is 5.33. The van der Waals surface area contributed by atoms with Gasteiger partial charge in [0.25, 0.3) is 0 Å². The highest BCUT2D eigenvalue weighted by atomic mass is 16.5. The third-order valence-corrected chi connectivity index (χ3v) is 10.5. The van der Waals surface area contributed by atoms with Crippen molar-refractivity contribution in [1.29, 1.82) is 0 Å². The Balaban J connectivity index is 1.23. The van der Waals surface area contributed by atoms with Gasteiger partial charge in [0.05, 0.1) is 11.2 Å². The minimum Gasteiger partial charge on any atom is -0.453 e. The molecule has 10 rings (SSSR count). The van der Waals surface area contributed by atoms with E-state index in [1.165, 1.54) is 66.1 Å². The fraction of sp³-hybridized carbons (Fsp3) is 0.114. The molecule has 2 aliphatic rings. The summed E-state index contributed by atoms with van der Waals surface area (Å²) in [4.78, 5) is 4.98. The summed E-state index contributed by atoms with van der Waals surface area (Å²) in [5, 5.41) is 5.00. The van der Waals surface area contributed by atoms with Gasteiger partial charge < -0.3 is 4.74 Å². The lowest BCUT2D eigenvalue weighted by Gasteiger charge is -2.24. The maximum absolute atomic E-state index is 6.47. The molecule has 0 atom stereocenters. The van der Waals surface area contributed by atoms with Crippen molar-refractivity contribution in [2.45, 2.75) is 32.6 Å². The molecule has 0 N–H and O–H groups in total. The summed E-state index contributed by atoms with van der Waals surface area (Å²) in [5.74, 6) is 2.75. The van der Waals surface area contributed by atoms with Crippen LogP contribution >= 0.6 is 0 Å². The number of nitrogens with zero attached hydrogens (tertiary/aromatic N) is 2. The van der Waals surface area contributed by atoms with Gasteiger partial charge in [-0.3, -0.25) is 4.57 Å². The molecule has 1 aliphatic carbocycles. The number of ether oxygens (including phenoxy) is 1. The molecule has 0 radical (unpaired) electrons. The van der Waals surface area contributed by atoms with Gasteiger partial charge >= 0.3 is 0 Å². The average Bonchev–Trinajstić information content (AvgIpc) is 3.60. The monoisotopic (exact) mass is 604 g/mol. The molecule has 224 valence electrons. The van der Waals surface area contributed by atoms with E-state index < -0.39 is 0 Å². The molecular formula is C44H32N2O. The first-order valence-electron chi connectivity index (χ1n) is 16.5. The predicted molar refractivity (Wildman–Crippen MR) is 194 cm³/mol. The zero-order valence-electron chi connectivity index (χ0n) is 26.6. The highest BCUT2D eigenvalue weighted by molar-refractivity contribution is 6.21. The molecule has 3 nitrogen and oxygen atoms in total. The normalized spacial score (nSPS) is 13.9. The largest absolute Gasteiger partial charge is 0.453 e. The van der Waals surface area contributed by atoms with Crippen molar-refractivity contribution in [2.24, 2.45) is 0 Å². The minimum atomic E-state index is -0.0621. The highest BCUT2D eigenvalue weighted by Crippen LogP contribution is 2.52. The fourth-order valence-corrected chi connectivity index (χ4v) is 8.39. The van der Waals surface area contributed by atoms with E-state index in [-0.39, 0.29) is 5.41 Å². The van der Waals surface area contributed by atoms with Crippen LogP contribution in [0.2, 0.25) is 0 Å². The van der Waals surface area contributed by atoms with Crippen molar-refractivity contribution in [1.82, 2.24) is 9.55 Å². The van der Waals surface area contributed by atoms with Crippen molar-refractivity contribution >= 4 is 32.6 Å². The van der Waals surface area contributed by atoms with Crippen LogP contribution in [0, 0.1) is 0 Å². The van der Waals surface area contributed by atoms with Gasteiger partial charge in [0.1, 0.15) is 11.3 Å². The molecule has 0 saturated heterocycles. The smallest absolute Gasteiger partial charge is 0.153 e. The molecule has 0 saturated carbocycles. The van der Waals surface area contributed by atoms with E-state index in [9.17, 15) is 0 Å². The maximum Gasteiger partial charge on any atom is 0.153 e. The Labute approximate surface area is 273 Å². The van der Waals surface area contributed by atoms with Gasteiger partial charge in [0, 0.05) is 11.8 Å². The van der Waals surface area contributed by atoms with Crippen molar-refractivity contribution in [3.8, 4) is 50.6 Å². The molecule has 1 aromatic heterocycles. The van der Waals surface area contributed by atoms with Crippen LogP contribution in [0.4, 0.5) is 0 Å². The molecular weight excluding hydrogens is 572 g/mol. The number of benzene rings is 7. The van der Waals surface area contributed by atoms with Crippen molar-refractivity contribution < 1.29 is 4.74 Å². The van der Waals surface area contributed by atoms with Crippen LogP contribution in [0.3, 0.4) is 0 Å². The standard InChI is InChI=1S/C44H32N2O/c1-4-40-45-36-18-11-19-39-43(36)46(40)37-25-27(21-23-38(37)47-39)42-32-15-7-5-13-30(32)41(31-14-6-8-16-33(31)42)26-20-22-29-28-12-9-10-17-34(28)44(2,3)35(29)24-26/h5-25H,4H2,1-3H3. The first-order chi connectivity index (χ1) is 23.0. The van der Waals surface area contributed by atoms with Crippen LogP contribution in [0.25, 0.3) is 71.6 Å². The summed E-state index contributed by atoms with van der Waals surface area (Å²) in [6, 6.07) is 46.6. The van der Waals surface area contributed by atoms with Gasteiger partial charge in [0.15, 0.2) is 11.5 Å². The lowest BCUT2D eigenvalue weighted by Crippen LogP contribution is -2.14. The van der Waals surface area contributed by atoms with Crippen molar-refractivity contribution in [2.75, 3.05) is 0 Å². The van der Waals surface area contributed by atoms with E-state index in [0.717, 1.165) is 40.5 Å².